The number of fused-ring (bicyclic) bond motifs is 4. The van der Waals surface area contributed by atoms with Crippen LogP contribution in [0.3, 0.4) is 0 Å². The van der Waals surface area contributed by atoms with Gasteiger partial charge in [0, 0.05) is 30.3 Å². The molecule has 14 heteroatoms. The van der Waals surface area contributed by atoms with Crippen molar-refractivity contribution >= 4 is 27.5 Å². The molecule has 9 nitrogen and oxygen atoms in total. The van der Waals surface area contributed by atoms with Crippen molar-refractivity contribution < 1.29 is 36.5 Å². The Balaban J connectivity index is 1.35. The highest BCUT2D eigenvalue weighted by molar-refractivity contribution is 6.04. The SMILES string of the molecule is C#Cc1c(F)ccc2cc(O)cc(-c3nc4c5c(nc(OC[C@@]67CCCN6C[C@H](F)C7)nc5c3F)N3CC(F)(F)CC(C#N)C[C@H]3CO4)c12. The van der Waals surface area contributed by atoms with Crippen molar-refractivity contribution in [3.05, 3.63) is 41.5 Å². The molecule has 49 heavy (non-hydrogen) atoms. The summed E-state index contributed by atoms with van der Waals surface area (Å²) in [5.74, 6) is -4.38. The quantitative estimate of drug-likeness (QED) is 0.209. The van der Waals surface area contributed by atoms with E-state index in [0.29, 0.717) is 18.4 Å². The molecule has 0 radical (unpaired) electrons. The van der Waals surface area contributed by atoms with Gasteiger partial charge in [-0.05, 0) is 49.4 Å². The zero-order chi connectivity index (χ0) is 34.2. The normalized spacial score (nSPS) is 25.9. The lowest BCUT2D eigenvalue weighted by Crippen LogP contribution is -2.44. The molecule has 1 N–H and O–H groups in total. The fourth-order valence-corrected chi connectivity index (χ4v) is 8.08. The molecule has 4 atom stereocenters. The predicted octanol–water partition coefficient (Wildman–Crippen LogP) is 5.90. The maximum Gasteiger partial charge on any atom is 0.319 e. The van der Waals surface area contributed by atoms with Crippen molar-refractivity contribution in [1.29, 1.82) is 5.26 Å². The van der Waals surface area contributed by atoms with E-state index in [0.717, 1.165) is 12.5 Å². The van der Waals surface area contributed by atoms with Gasteiger partial charge in [0.15, 0.2) is 5.82 Å². The zero-order valence-corrected chi connectivity index (χ0v) is 26.0. The first-order chi connectivity index (χ1) is 23.5. The lowest BCUT2D eigenvalue weighted by Gasteiger charge is -2.32. The average molecular weight is 677 g/mol. The standard InChI is InChI=1S/C35H29F5N6O3/c1-2-23-25(37)5-4-19-9-22(47)10-24(26(19)23)29-28(38)30-27-31(44-33(43-30)49-17-34-6-3-7-45(34)14-20(36)12-34)46-16-35(39,40)11-18(13-41)8-21(46)15-48-32(27)42-29/h1,4-5,9-10,18,20-21,47H,3,6-8,11-12,14-17H2/t18?,20-,21+,34+/m1/s1. The van der Waals surface area contributed by atoms with Gasteiger partial charge in [0.2, 0.25) is 5.88 Å². The minimum Gasteiger partial charge on any atom is -0.508 e. The van der Waals surface area contributed by atoms with Gasteiger partial charge in [-0.3, -0.25) is 4.90 Å². The van der Waals surface area contributed by atoms with Gasteiger partial charge in [0.1, 0.15) is 53.4 Å². The molecule has 8 rings (SSSR count). The summed E-state index contributed by atoms with van der Waals surface area (Å²) < 4.78 is 89.3. The number of anilines is 1. The van der Waals surface area contributed by atoms with Crippen LogP contribution < -0.4 is 14.4 Å². The summed E-state index contributed by atoms with van der Waals surface area (Å²) in [7, 11) is 0. The van der Waals surface area contributed by atoms with Crippen LogP contribution in [0.5, 0.6) is 17.6 Å². The van der Waals surface area contributed by atoms with Crippen molar-refractivity contribution in [2.45, 2.75) is 55.8 Å². The first-order valence-corrected chi connectivity index (χ1v) is 16.0. The number of aromatic nitrogens is 3. The molecule has 1 unspecified atom stereocenters. The number of hydrogen-bond acceptors (Lipinski definition) is 9. The lowest BCUT2D eigenvalue weighted by atomic mass is 9.95. The average Bonchev–Trinajstić information content (AvgIpc) is 3.50. The third kappa shape index (κ3) is 5.12. The summed E-state index contributed by atoms with van der Waals surface area (Å²) in [6.45, 7) is -0.0912. The van der Waals surface area contributed by atoms with Crippen LogP contribution in [-0.4, -0.2) is 81.5 Å². The van der Waals surface area contributed by atoms with E-state index >= 15 is 13.2 Å². The highest BCUT2D eigenvalue weighted by Gasteiger charge is 2.50. The van der Waals surface area contributed by atoms with Crippen LogP contribution in [0, 0.1) is 41.2 Å². The van der Waals surface area contributed by atoms with Gasteiger partial charge < -0.3 is 19.5 Å². The maximum absolute atomic E-state index is 17.0. The summed E-state index contributed by atoms with van der Waals surface area (Å²) in [6.07, 6.45) is 5.71. The number of nitrogens with zero attached hydrogens (tertiary/aromatic N) is 6. The predicted molar refractivity (Wildman–Crippen MR) is 168 cm³/mol. The van der Waals surface area contributed by atoms with E-state index < -0.39 is 59.9 Å². The van der Waals surface area contributed by atoms with E-state index in [2.05, 4.69) is 20.9 Å². The molecule has 0 aliphatic carbocycles. The summed E-state index contributed by atoms with van der Waals surface area (Å²) in [5, 5.41) is 20.6. The number of terminal acetylenes is 1. The third-order valence-electron chi connectivity index (χ3n) is 10.2. The van der Waals surface area contributed by atoms with E-state index in [4.69, 9.17) is 15.9 Å². The van der Waals surface area contributed by atoms with Crippen molar-refractivity contribution in [1.82, 2.24) is 19.9 Å². The molecule has 2 aromatic heterocycles. The molecular weight excluding hydrogens is 647 g/mol. The van der Waals surface area contributed by atoms with Crippen LogP contribution in [0.15, 0.2) is 24.3 Å². The van der Waals surface area contributed by atoms with Crippen LogP contribution in [0.4, 0.5) is 27.8 Å². The molecule has 4 aliphatic heterocycles. The van der Waals surface area contributed by atoms with E-state index in [1.807, 2.05) is 11.0 Å². The monoisotopic (exact) mass is 676 g/mol. The molecule has 0 saturated carbocycles. The summed E-state index contributed by atoms with van der Waals surface area (Å²) in [5.41, 5.74) is -1.63. The van der Waals surface area contributed by atoms with Gasteiger partial charge in [0.25, 0.3) is 5.92 Å². The molecule has 4 aromatic rings. The molecule has 2 aromatic carbocycles. The fourth-order valence-electron chi connectivity index (χ4n) is 8.08. The summed E-state index contributed by atoms with van der Waals surface area (Å²) in [6, 6.07) is 5.91. The fraction of sp³-hybridized carbons (Fsp3) is 0.429. The molecule has 6 heterocycles. The molecular formula is C35H29F5N6O3. The Hall–Kier alpha value is -4.95. The molecule has 3 fully saturated rings. The molecule has 0 amide bonds. The van der Waals surface area contributed by atoms with Crippen molar-refractivity contribution in [3.63, 3.8) is 0 Å². The second-order valence-corrected chi connectivity index (χ2v) is 13.4. The van der Waals surface area contributed by atoms with Crippen molar-refractivity contribution in [2.75, 3.05) is 37.7 Å². The molecule has 3 saturated heterocycles. The smallest absolute Gasteiger partial charge is 0.319 e. The number of phenolic OH excluding ortho intramolecular Hbond substituents is 1. The topological polar surface area (TPSA) is 108 Å². The van der Waals surface area contributed by atoms with E-state index in [1.165, 1.54) is 23.1 Å². The lowest BCUT2D eigenvalue weighted by molar-refractivity contribution is -0.00364. The Kier molecular flexibility index (Phi) is 7.23. The Morgan fingerprint density at radius 1 is 1.14 bits per heavy atom. The Bertz CT molecular complexity index is 2120. The first kappa shape index (κ1) is 31.3. The number of aromatic hydroxyl groups is 1. The largest absolute Gasteiger partial charge is 0.508 e. The van der Waals surface area contributed by atoms with Gasteiger partial charge in [-0.1, -0.05) is 12.0 Å². The van der Waals surface area contributed by atoms with Gasteiger partial charge in [-0.15, -0.1) is 6.42 Å². The van der Waals surface area contributed by atoms with E-state index in [-0.39, 0.29) is 83.5 Å². The number of halogens is 5. The van der Waals surface area contributed by atoms with Gasteiger partial charge in [-0.25, -0.2) is 26.9 Å². The van der Waals surface area contributed by atoms with Crippen molar-refractivity contribution in [2.24, 2.45) is 5.92 Å². The Morgan fingerprint density at radius 2 is 1.98 bits per heavy atom. The molecule has 252 valence electrons. The molecule has 0 bridgehead atoms. The van der Waals surface area contributed by atoms with Crippen LogP contribution in [0.2, 0.25) is 0 Å². The Labute approximate surface area is 277 Å². The highest BCUT2D eigenvalue weighted by Crippen LogP contribution is 2.46. The zero-order valence-electron chi connectivity index (χ0n) is 26.0. The van der Waals surface area contributed by atoms with Gasteiger partial charge in [-0.2, -0.15) is 15.2 Å². The summed E-state index contributed by atoms with van der Waals surface area (Å²) >= 11 is 0. The van der Waals surface area contributed by atoms with Crippen LogP contribution in [0.1, 0.15) is 37.7 Å². The number of rotatable bonds is 4. The highest BCUT2D eigenvalue weighted by atomic mass is 19.3. The number of benzene rings is 2. The molecule has 0 spiro atoms. The van der Waals surface area contributed by atoms with Gasteiger partial charge in [0.05, 0.1) is 35.7 Å². The summed E-state index contributed by atoms with van der Waals surface area (Å²) in [4.78, 5) is 16.7. The first-order valence-electron chi connectivity index (χ1n) is 16.0. The second kappa shape index (κ2) is 11.3. The number of phenols is 1. The maximum atomic E-state index is 17.0. The third-order valence-corrected chi connectivity index (χ3v) is 10.2. The van der Waals surface area contributed by atoms with E-state index in [1.54, 1.807) is 0 Å². The number of ether oxygens (including phenoxy) is 2. The number of alkyl halides is 3. The second-order valence-electron chi connectivity index (χ2n) is 13.4. The van der Waals surface area contributed by atoms with E-state index in [9.17, 15) is 19.1 Å². The minimum absolute atomic E-state index is 0.00899. The molecule has 4 aliphatic rings. The minimum atomic E-state index is -3.30. The number of hydrogen-bond donors (Lipinski definition) is 1. The van der Waals surface area contributed by atoms with Gasteiger partial charge >= 0.3 is 6.01 Å². The van der Waals surface area contributed by atoms with Crippen LogP contribution in [-0.2, 0) is 0 Å². The number of nitriles is 1. The Morgan fingerprint density at radius 3 is 2.78 bits per heavy atom. The van der Waals surface area contributed by atoms with Crippen molar-refractivity contribution in [3.8, 4) is 47.3 Å². The number of pyridine rings is 1. The van der Waals surface area contributed by atoms with Crippen LogP contribution in [0.25, 0.3) is 32.9 Å². The van der Waals surface area contributed by atoms with Crippen LogP contribution >= 0.6 is 0 Å².